The van der Waals surface area contributed by atoms with Gasteiger partial charge in [0.1, 0.15) is 5.78 Å². The molecule has 2 rings (SSSR count). The van der Waals surface area contributed by atoms with Gasteiger partial charge in [0.2, 0.25) is 0 Å². The normalized spacial score (nSPS) is 33.8. The van der Waals surface area contributed by atoms with Crippen molar-refractivity contribution >= 4 is 5.78 Å². The van der Waals surface area contributed by atoms with Crippen LogP contribution in [-0.4, -0.2) is 30.3 Å². The summed E-state index contributed by atoms with van der Waals surface area (Å²) in [6.45, 7) is 5.33. The van der Waals surface area contributed by atoms with Gasteiger partial charge in [0.05, 0.1) is 6.54 Å². The molecule has 0 spiro atoms. The SMILES string of the molecule is CC1CCC(C(=O)CN2CCC2)CC1. The van der Waals surface area contributed by atoms with Crippen molar-refractivity contribution in [3.8, 4) is 0 Å². The Bertz CT molecular complexity index is 202. The Morgan fingerprint density at radius 2 is 1.86 bits per heavy atom. The molecule has 1 aliphatic carbocycles. The third-order valence-electron chi connectivity index (χ3n) is 3.80. The van der Waals surface area contributed by atoms with E-state index in [1.165, 1.54) is 19.3 Å². The molecule has 0 bridgehead atoms. The Labute approximate surface area is 86.7 Å². The summed E-state index contributed by atoms with van der Waals surface area (Å²) >= 11 is 0. The van der Waals surface area contributed by atoms with Crippen LogP contribution in [0, 0.1) is 11.8 Å². The second kappa shape index (κ2) is 4.43. The minimum Gasteiger partial charge on any atom is -0.298 e. The van der Waals surface area contributed by atoms with Crippen molar-refractivity contribution < 1.29 is 4.79 Å². The van der Waals surface area contributed by atoms with Gasteiger partial charge in [-0.3, -0.25) is 9.69 Å². The van der Waals surface area contributed by atoms with E-state index in [1.54, 1.807) is 0 Å². The summed E-state index contributed by atoms with van der Waals surface area (Å²) < 4.78 is 0. The number of hydrogen-bond donors (Lipinski definition) is 0. The quantitative estimate of drug-likeness (QED) is 0.687. The Hall–Kier alpha value is -0.370. The van der Waals surface area contributed by atoms with Gasteiger partial charge < -0.3 is 0 Å². The second-order valence-corrected chi connectivity index (χ2v) is 5.05. The molecule has 80 valence electrons. The molecular weight excluding hydrogens is 174 g/mol. The first-order valence-electron chi connectivity index (χ1n) is 6.01. The van der Waals surface area contributed by atoms with Crippen molar-refractivity contribution in [2.24, 2.45) is 11.8 Å². The number of hydrogen-bond acceptors (Lipinski definition) is 2. The predicted octanol–water partition coefficient (Wildman–Crippen LogP) is 2.09. The van der Waals surface area contributed by atoms with E-state index in [9.17, 15) is 4.79 Å². The summed E-state index contributed by atoms with van der Waals surface area (Å²) in [5.41, 5.74) is 0. The number of carbonyl (C=O) groups is 1. The standard InChI is InChI=1S/C12H21NO/c1-10-3-5-11(6-4-10)12(14)9-13-7-2-8-13/h10-11H,2-9H2,1H3. The molecule has 1 saturated heterocycles. The molecule has 2 fully saturated rings. The summed E-state index contributed by atoms with van der Waals surface area (Å²) in [7, 11) is 0. The van der Waals surface area contributed by atoms with Crippen molar-refractivity contribution in [2.75, 3.05) is 19.6 Å². The first kappa shape index (κ1) is 10.2. The van der Waals surface area contributed by atoms with Crippen LogP contribution in [-0.2, 0) is 4.79 Å². The lowest BCUT2D eigenvalue weighted by molar-refractivity contribution is -0.126. The number of Topliss-reactive ketones (excluding diaryl/α,β-unsaturated/α-hetero) is 1. The van der Waals surface area contributed by atoms with Gasteiger partial charge in [-0.15, -0.1) is 0 Å². The first-order valence-corrected chi connectivity index (χ1v) is 6.01. The molecule has 1 heterocycles. The van der Waals surface area contributed by atoms with Crippen LogP contribution >= 0.6 is 0 Å². The lowest BCUT2D eigenvalue weighted by Crippen LogP contribution is -2.42. The molecule has 0 aromatic heterocycles. The minimum atomic E-state index is 0.395. The van der Waals surface area contributed by atoms with Gasteiger partial charge in [0.15, 0.2) is 0 Å². The van der Waals surface area contributed by atoms with Crippen LogP contribution in [0.2, 0.25) is 0 Å². The zero-order valence-corrected chi connectivity index (χ0v) is 9.17. The van der Waals surface area contributed by atoms with Gasteiger partial charge in [-0.1, -0.05) is 19.8 Å². The summed E-state index contributed by atoms with van der Waals surface area (Å²) in [4.78, 5) is 14.1. The first-order chi connectivity index (χ1) is 6.75. The molecule has 2 aliphatic rings. The highest BCUT2D eigenvalue weighted by molar-refractivity contribution is 5.83. The highest BCUT2D eigenvalue weighted by Crippen LogP contribution is 2.29. The number of ketones is 1. The monoisotopic (exact) mass is 195 g/mol. The fourth-order valence-electron chi connectivity index (χ4n) is 2.47. The Balaban J connectivity index is 1.74. The van der Waals surface area contributed by atoms with Crippen molar-refractivity contribution in [2.45, 2.75) is 39.0 Å². The summed E-state index contributed by atoms with van der Waals surface area (Å²) in [5.74, 6) is 1.76. The number of carbonyl (C=O) groups excluding carboxylic acids is 1. The average Bonchev–Trinajstić information content (AvgIpc) is 2.12. The average molecular weight is 195 g/mol. The van der Waals surface area contributed by atoms with Crippen molar-refractivity contribution in [3.63, 3.8) is 0 Å². The van der Waals surface area contributed by atoms with Crippen LogP contribution in [0.5, 0.6) is 0 Å². The maximum Gasteiger partial charge on any atom is 0.149 e. The Kier molecular flexibility index (Phi) is 3.22. The summed E-state index contributed by atoms with van der Waals surface area (Å²) in [6.07, 6.45) is 6.10. The van der Waals surface area contributed by atoms with E-state index in [2.05, 4.69) is 11.8 Å². The van der Waals surface area contributed by atoms with E-state index in [4.69, 9.17) is 0 Å². The lowest BCUT2D eigenvalue weighted by Gasteiger charge is -2.32. The molecule has 1 saturated carbocycles. The molecule has 2 heteroatoms. The number of likely N-dealkylation sites (tertiary alicyclic amines) is 1. The van der Waals surface area contributed by atoms with Gasteiger partial charge in [-0.2, -0.15) is 0 Å². The summed E-state index contributed by atoms with van der Waals surface area (Å²) in [5, 5.41) is 0. The van der Waals surface area contributed by atoms with Gasteiger partial charge in [0, 0.05) is 5.92 Å². The van der Waals surface area contributed by atoms with Crippen LogP contribution in [0.3, 0.4) is 0 Å². The van der Waals surface area contributed by atoms with Crippen LogP contribution in [0.4, 0.5) is 0 Å². The van der Waals surface area contributed by atoms with Crippen molar-refractivity contribution in [3.05, 3.63) is 0 Å². The van der Waals surface area contributed by atoms with Gasteiger partial charge >= 0.3 is 0 Å². The molecule has 0 aromatic carbocycles. The van der Waals surface area contributed by atoms with Gasteiger partial charge in [0.25, 0.3) is 0 Å². The van der Waals surface area contributed by atoms with Gasteiger partial charge in [-0.25, -0.2) is 0 Å². The van der Waals surface area contributed by atoms with Crippen molar-refractivity contribution in [1.29, 1.82) is 0 Å². The molecule has 1 aliphatic heterocycles. The third kappa shape index (κ3) is 2.35. The third-order valence-corrected chi connectivity index (χ3v) is 3.80. The van der Waals surface area contributed by atoms with Crippen LogP contribution < -0.4 is 0 Å². The fourth-order valence-corrected chi connectivity index (χ4v) is 2.47. The van der Waals surface area contributed by atoms with E-state index < -0.39 is 0 Å². The highest BCUT2D eigenvalue weighted by Gasteiger charge is 2.26. The molecule has 0 amide bonds. The van der Waals surface area contributed by atoms with E-state index >= 15 is 0 Å². The molecule has 0 unspecified atom stereocenters. The van der Waals surface area contributed by atoms with Crippen LogP contribution in [0.15, 0.2) is 0 Å². The predicted molar refractivity (Wildman–Crippen MR) is 57.2 cm³/mol. The molecule has 0 N–H and O–H groups in total. The topological polar surface area (TPSA) is 20.3 Å². The highest BCUT2D eigenvalue weighted by atomic mass is 16.1. The Morgan fingerprint density at radius 1 is 1.21 bits per heavy atom. The number of rotatable bonds is 3. The molecule has 0 radical (unpaired) electrons. The van der Waals surface area contributed by atoms with Crippen LogP contribution in [0.1, 0.15) is 39.0 Å². The summed E-state index contributed by atoms with van der Waals surface area (Å²) in [6, 6.07) is 0. The minimum absolute atomic E-state index is 0.395. The zero-order chi connectivity index (χ0) is 9.97. The van der Waals surface area contributed by atoms with Crippen LogP contribution in [0.25, 0.3) is 0 Å². The second-order valence-electron chi connectivity index (χ2n) is 5.05. The smallest absolute Gasteiger partial charge is 0.149 e. The van der Waals surface area contributed by atoms with Gasteiger partial charge in [-0.05, 0) is 38.3 Å². The fraction of sp³-hybridized carbons (Fsp3) is 0.917. The molecule has 2 nitrogen and oxygen atoms in total. The van der Waals surface area contributed by atoms with Crippen molar-refractivity contribution in [1.82, 2.24) is 4.90 Å². The molecular formula is C12H21NO. The maximum atomic E-state index is 11.9. The zero-order valence-electron chi connectivity index (χ0n) is 9.17. The van der Waals surface area contributed by atoms with E-state index in [0.717, 1.165) is 38.4 Å². The molecule has 14 heavy (non-hydrogen) atoms. The Morgan fingerprint density at radius 3 is 2.36 bits per heavy atom. The van der Waals surface area contributed by atoms with E-state index in [0.29, 0.717) is 11.7 Å². The molecule has 0 aromatic rings. The molecule has 0 atom stereocenters. The lowest BCUT2D eigenvalue weighted by atomic mass is 9.80. The van der Waals surface area contributed by atoms with E-state index in [1.807, 2.05) is 0 Å². The maximum absolute atomic E-state index is 11.9. The largest absolute Gasteiger partial charge is 0.298 e. The van der Waals surface area contributed by atoms with E-state index in [-0.39, 0.29) is 0 Å². The number of nitrogens with zero attached hydrogens (tertiary/aromatic N) is 1.